The first-order chi connectivity index (χ1) is 13.6. The minimum Gasteiger partial charge on any atom is -0.343 e. The van der Waals surface area contributed by atoms with Crippen molar-refractivity contribution >= 4 is 34.1 Å². The SMILES string of the molecule is O=C(Cc1cn(Cc2ccc(Cl)cc2)c2ccccc12)Nc1cccc(F)c1. The molecule has 0 saturated carbocycles. The predicted octanol–water partition coefficient (Wildman–Crippen LogP) is 5.66. The Bertz CT molecular complexity index is 1140. The molecule has 3 nitrogen and oxygen atoms in total. The van der Waals surface area contributed by atoms with Crippen LogP contribution in [0.15, 0.2) is 79.0 Å². The van der Waals surface area contributed by atoms with E-state index in [0.29, 0.717) is 17.3 Å². The standard InChI is InChI=1S/C23H18ClFN2O/c24-18-10-8-16(9-11-18)14-27-15-17(21-6-1-2-7-22(21)27)12-23(28)26-20-5-3-4-19(25)13-20/h1-11,13,15H,12,14H2,(H,26,28). The number of aromatic nitrogens is 1. The summed E-state index contributed by atoms with van der Waals surface area (Å²) >= 11 is 5.97. The van der Waals surface area contributed by atoms with Crippen molar-refractivity contribution in [1.82, 2.24) is 4.57 Å². The normalized spacial score (nSPS) is 10.9. The molecule has 0 fully saturated rings. The van der Waals surface area contributed by atoms with Gasteiger partial charge in [0, 0.05) is 34.4 Å². The zero-order valence-electron chi connectivity index (χ0n) is 15.0. The lowest BCUT2D eigenvalue weighted by molar-refractivity contribution is -0.115. The molecule has 0 bridgehead atoms. The number of nitrogens with zero attached hydrogens (tertiary/aromatic N) is 1. The molecule has 140 valence electrons. The number of anilines is 1. The molecule has 0 aliphatic carbocycles. The first-order valence-electron chi connectivity index (χ1n) is 8.95. The van der Waals surface area contributed by atoms with Gasteiger partial charge in [0.05, 0.1) is 6.42 Å². The molecular weight excluding hydrogens is 375 g/mol. The predicted molar refractivity (Wildman–Crippen MR) is 111 cm³/mol. The maximum absolute atomic E-state index is 13.3. The lowest BCUT2D eigenvalue weighted by Gasteiger charge is -2.05. The first-order valence-corrected chi connectivity index (χ1v) is 9.33. The Morgan fingerprint density at radius 3 is 2.57 bits per heavy atom. The molecule has 3 aromatic carbocycles. The fourth-order valence-corrected chi connectivity index (χ4v) is 3.45. The van der Waals surface area contributed by atoms with Crippen LogP contribution in [0.5, 0.6) is 0 Å². The summed E-state index contributed by atoms with van der Waals surface area (Å²) in [4.78, 5) is 12.5. The van der Waals surface area contributed by atoms with E-state index in [0.717, 1.165) is 22.0 Å². The molecule has 1 heterocycles. The number of carbonyl (C=O) groups is 1. The van der Waals surface area contributed by atoms with E-state index >= 15 is 0 Å². The molecule has 0 aliphatic rings. The van der Waals surface area contributed by atoms with Gasteiger partial charge in [-0.15, -0.1) is 0 Å². The minimum absolute atomic E-state index is 0.181. The number of hydrogen-bond acceptors (Lipinski definition) is 1. The Hall–Kier alpha value is -3.11. The first kappa shape index (κ1) is 18.3. The van der Waals surface area contributed by atoms with Crippen LogP contribution in [0.3, 0.4) is 0 Å². The van der Waals surface area contributed by atoms with Gasteiger partial charge in [0.15, 0.2) is 0 Å². The maximum atomic E-state index is 13.3. The second-order valence-corrected chi connectivity index (χ2v) is 7.10. The molecule has 0 aliphatic heterocycles. The molecule has 5 heteroatoms. The average Bonchev–Trinajstić information content (AvgIpc) is 3.01. The quantitative estimate of drug-likeness (QED) is 0.467. The van der Waals surface area contributed by atoms with Crippen molar-refractivity contribution in [3.63, 3.8) is 0 Å². The lowest BCUT2D eigenvalue weighted by Crippen LogP contribution is -2.14. The second kappa shape index (κ2) is 7.87. The smallest absolute Gasteiger partial charge is 0.228 e. The van der Waals surface area contributed by atoms with Crippen LogP contribution in [0.2, 0.25) is 5.02 Å². The zero-order valence-corrected chi connectivity index (χ0v) is 15.8. The van der Waals surface area contributed by atoms with Crippen molar-refractivity contribution in [2.45, 2.75) is 13.0 Å². The summed E-state index contributed by atoms with van der Waals surface area (Å²) in [5.74, 6) is -0.558. The molecule has 1 aromatic heterocycles. The van der Waals surface area contributed by atoms with Gasteiger partial charge in [-0.25, -0.2) is 4.39 Å². The molecule has 0 spiro atoms. The molecule has 4 rings (SSSR count). The highest BCUT2D eigenvalue weighted by atomic mass is 35.5. The van der Waals surface area contributed by atoms with Gasteiger partial charge >= 0.3 is 0 Å². The number of hydrogen-bond donors (Lipinski definition) is 1. The van der Waals surface area contributed by atoms with E-state index in [2.05, 4.69) is 9.88 Å². The molecular formula is C23H18ClFN2O. The molecule has 1 N–H and O–H groups in total. The van der Waals surface area contributed by atoms with Crippen molar-refractivity contribution in [3.8, 4) is 0 Å². The van der Waals surface area contributed by atoms with E-state index < -0.39 is 0 Å². The van der Waals surface area contributed by atoms with E-state index in [1.54, 1.807) is 12.1 Å². The van der Waals surface area contributed by atoms with E-state index in [9.17, 15) is 9.18 Å². The van der Waals surface area contributed by atoms with Crippen molar-refractivity contribution in [2.24, 2.45) is 0 Å². The maximum Gasteiger partial charge on any atom is 0.228 e. The number of benzene rings is 3. The van der Waals surface area contributed by atoms with Gasteiger partial charge in [-0.3, -0.25) is 4.79 Å². The van der Waals surface area contributed by atoms with Gasteiger partial charge in [0.1, 0.15) is 5.82 Å². The summed E-state index contributed by atoms with van der Waals surface area (Å²) in [5.41, 5.74) is 3.57. The summed E-state index contributed by atoms with van der Waals surface area (Å²) in [6.07, 6.45) is 2.22. The van der Waals surface area contributed by atoms with Crippen molar-refractivity contribution in [1.29, 1.82) is 0 Å². The van der Waals surface area contributed by atoms with Crippen LogP contribution in [0.4, 0.5) is 10.1 Å². The van der Waals surface area contributed by atoms with Gasteiger partial charge in [0.25, 0.3) is 0 Å². The minimum atomic E-state index is -0.377. The van der Waals surface area contributed by atoms with Crippen LogP contribution < -0.4 is 5.32 Å². The Balaban J connectivity index is 1.58. The highest BCUT2D eigenvalue weighted by molar-refractivity contribution is 6.30. The van der Waals surface area contributed by atoms with E-state index in [-0.39, 0.29) is 18.1 Å². The number of carbonyl (C=O) groups excluding carboxylic acids is 1. The highest BCUT2D eigenvalue weighted by Gasteiger charge is 2.12. The van der Waals surface area contributed by atoms with Gasteiger partial charge in [-0.05, 0) is 47.5 Å². The van der Waals surface area contributed by atoms with Crippen molar-refractivity contribution < 1.29 is 9.18 Å². The topological polar surface area (TPSA) is 34.0 Å². The number of fused-ring (bicyclic) bond motifs is 1. The molecule has 0 atom stereocenters. The number of amides is 1. The summed E-state index contributed by atoms with van der Waals surface area (Å²) in [5, 5.41) is 4.50. The summed E-state index contributed by atoms with van der Waals surface area (Å²) in [6.45, 7) is 0.684. The molecule has 0 radical (unpaired) electrons. The summed E-state index contributed by atoms with van der Waals surface area (Å²) in [7, 11) is 0. The fraction of sp³-hybridized carbons (Fsp3) is 0.0870. The third-order valence-corrected chi connectivity index (χ3v) is 4.85. The Labute approximate surface area is 167 Å². The Morgan fingerprint density at radius 2 is 1.79 bits per heavy atom. The second-order valence-electron chi connectivity index (χ2n) is 6.66. The zero-order chi connectivity index (χ0) is 19.5. The monoisotopic (exact) mass is 392 g/mol. The molecule has 28 heavy (non-hydrogen) atoms. The highest BCUT2D eigenvalue weighted by Crippen LogP contribution is 2.24. The number of para-hydroxylation sites is 1. The Kier molecular flexibility index (Phi) is 5.13. The van der Waals surface area contributed by atoms with Crippen molar-refractivity contribution in [2.75, 3.05) is 5.32 Å². The molecule has 0 unspecified atom stereocenters. The molecule has 4 aromatic rings. The van der Waals surface area contributed by atoms with E-state index in [1.807, 2.05) is 54.7 Å². The third kappa shape index (κ3) is 4.07. The van der Waals surface area contributed by atoms with E-state index in [1.165, 1.54) is 12.1 Å². The largest absolute Gasteiger partial charge is 0.343 e. The van der Waals surface area contributed by atoms with Crippen LogP contribution >= 0.6 is 11.6 Å². The number of halogens is 2. The van der Waals surface area contributed by atoms with E-state index in [4.69, 9.17) is 11.6 Å². The van der Waals surface area contributed by atoms with Crippen LogP contribution in [-0.2, 0) is 17.8 Å². The molecule has 0 saturated heterocycles. The van der Waals surface area contributed by atoms with Gasteiger partial charge in [-0.1, -0.05) is 48.0 Å². The Morgan fingerprint density at radius 1 is 1.00 bits per heavy atom. The number of rotatable bonds is 5. The van der Waals surface area contributed by atoms with Crippen LogP contribution in [0, 0.1) is 5.82 Å². The molecule has 1 amide bonds. The van der Waals surface area contributed by atoms with Crippen molar-refractivity contribution in [3.05, 3.63) is 101 Å². The summed E-state index contributed by atoms with van der Waals surface area (Å²) in [6, 6.07) is 21.6. The summed E-state index contributed by atoms with van der Waals surface area (Å²) < 4.78 is 15.5. The third-order valence-electron chi connectivity index (χ3n) is 4.60. The van der Waals surface area contributed by atoms with Gasteiger partial charge < -0.3 is 9.88 Å². The van der Waals surface area contributed by atoms with Gasteiger partial charge in [-0.2, -0.15) is 0 Å². The van der Waals surface area contributed by atoms with Crippen LogP contribution in [0.1, 0.15) is 11.1 Å². The van der Waals surface area contributed by atoms with Gasteiger partial charge in [0.2, 0.25) is 5.91 Å². The number of nitrogens with one attached hydrogen (secondary N) is 1. The van der Waals surface area contributed by atoms with Crippen LogP contribution in [0.25, 0.3) is 10.9 Å². The van der Waals surface area contributed by atoms with Crippen LogP contribution in [-0.4, -0.2) is 10.5 Å². The fourth-order valence-electron chi connectivity index (χ4n) is 3.33. The lowest BCUT2D eigenvalue weighted by atomic mass is 10.1. The average molecular weight is 393 g/mol.